The lowest BCUT2D eigenvalue weighted by Crippen LogP contribution is -2.04. The third-order valence-electron chi connectivity index (χ3n) is 2.27. The number of carbonyl (C=O) groups is 1. The number of hydrogen-bond donors (Lipinski definition) is 0. The molecule has 0 aliphatic carbocycles. The van der Waals surface area contributed by atoms with E-state index in [1.54, 1.807) is 6.08 Å². The van der Waals surface area contributed by atoms with Crippen LogP contribution >= 0.6 is 0 Å². The number of rotatable bonds is 3. The van der Waals surface area contributed by atoms with Crippen LogP contribution in [0, 0.1) is 11.3 Å². The number of methoxy groups -OCH3 is 1. The van der Waals surface area contributed by atoms with Gasteiger partial charge in [-0.15, -0.1) is 0 Å². The maximum atomic E-state index is 11.2. The highest BCUT2D eigenvalue weighted by atomic mass is 16.5. The molecule has 1 atom stereocenters. The van der Waals surface area contributed by atoms with Crippen molar-refractivity contribution in [3.05, 3.63) is 47.5 Å². The van der Waals surface area contributed by atoms with Crippen molar-refractivity contribution in [3.8, 4) is 6.07 Å². The van der Waals surface area contributed by atoms with Gasteiger partial charge in [-0.2, -0.15) is 5.26 Å². The number of ether oxygens (including phenoxy) is 1. The average molecular weight is 215 g/mol. The van der Waals surface area contributed by atoms with Gasteiger partial charge in [0.1, 0.15) is 11.6 Å². The predicted octanol–water partition coefficient (Wildman–Crippen LogP) is 2.41. The summed E-state index contributed by atoms with van der Waals surface area (Å²) in [5.74, 6) is -0.583. The van der Waals surface area contributed by atoms with Crippen molar-refractivity contribution < 1.29 is 9.53 Å². The molecule has 0 heterocycles. The van der Waals surface area contributed by atoms with Crippen LogP contribution in [0.1, 0.15) is 18.4 Å². The molecule has 1 rings (SSSR count). The molecule has 0 aliphatic rings. The van der Waals surface area contributed by atoms with Crippen molar-refractivity contribution in [2.24, 2.45) is 0 Å². The molecule has 16 heavy (non-hydrogen) atoms. The first-order chi connectivity index (χ1) is 7.69. The molecule has 0 bridgehead atoms. The highest BCUT2D eigenvalue weighted by Gasteiger charge is 2.11. The van der Waals surface area contributed by atoms with Crippen LogP contribution in [0.5, 0.6) is 0 Å². The SMILES string of the molecule is COC(=O)/C(C#N)=C/C(C)c1ccccc1. The topological polar surface area (TPSA) is 50.1 Å². The Morgan fingerprint density at radius 2 is 2.06 bits per heavy atom. The molecule has 1 aromatic carbocycles. The Morgan fingerprint density at radius 1 is 1.44 bits per heavy atom. The second-order valence-corrected chi connectivity index (χ2v) is 3.38. The van der Waals surface area contributed by atoms with Crippen molar-refractivity contribution in [3.63, 3.8) is 0 Å². The van der Waals surface area contributed by atoms with Crippen LogP contribution in [0.25, 0.3) is 0 Å². The number of hydrogen-bond acceptors (Lipinski definition) is 3. The van der Waals surface area contributed by atoms with Crippen molar-refractivity contribution in [1.82, 2.24) is 0 Å². The van der Waals surface area contributed by atoms with Crippen LogP contribution in [0.2, 0.25) is 0 Å². The Kier molecular flexibility index (Phi) is 4.28. The van der Waals surface area contributed by atoms with Crippen LogP contribution in [0.15, 0.2) is 42.0 Å². The lowest BCUT2D eigenvalue weighted by atomic mass is 9.99. The lowest BCUT2D eigenvalue weighted by molar-refractivity contribution is -0.135. The fraction of sp³-hybridized carbons (Fsp3) is 0.231. The summed E-state index contributed by atoms with van der Waals surface area (Å²) in [6.45, 7) is 1.93. The Labute approximate surface area is 95.0 Å². The minimum absolute atomic E-state index is 0.00921. The van der Waals surface area contributed by atoms with Gasteiger partial charge in [-0.1, -0.05) is 43.3 Å². The zero-order valence-corrected chi connectivity index (χ0v) is 9.31. The summed E-state index contributed by atoms with van der Waals surface area (Å²) >= 11 is 0. The van der Waals surface area contributed by atoms with Gasteiger partial charge in [-0.3, -0.25) is 0 Å². The summed E-state index contributed by atoms with van der Waals surface area (Å²) in [7, 11) is 1.26. The zero-order chi connectivity index (χ0) is 12.0. The molecule has 0 N–H and O–H groups in total. The molecule has 1 aromatic rings. The van der Waals surface area contributed by atoms with Gasteiger partial charge in [0.2, 0.25) is 0 Å². The Morgan fingerprint density at radius 3 is 2.56 bits per heavy atom. The summed E-state index contributed by atoms with van der Waals surface area (Å²) in [6, 6.07) is 11.5. The standard InChI is InChI=1S/C13H13NO2/c1-10(11-6-4-3-5-7-11)8-12(9-14)13(15)16-2/h3-8,10H,1-2H3/b12-8+. The van der Waals surface area contributed by atoms with E-state index in [0.29, 0.717) is 0 Å². The van der Waals surface area contributed by atoms with Gasteiger partial charge in [0.25, 0.3) is 0 Å². The molecule has 1 unspecified atom stereocenters. The number of benzene rings is 1. The van der Waals surface area contributed by atoms with E-state index in [2.05, 4.69) is 4.74 Å². The third kappa shape index (κ3) is 2.96. The van der Waals surface area contributed by atoms with E-state index in [0.717, 1.165) is 5.56 Å². The molecule has 82 valence electrons. The summed E-state index contributed by atoms with van der Waals surface area (Å²) in [5.41, 5.74) is 1.10. The minimum Gasteiger partial charge on any atom is -0.465 e. The maximum Gasteiger partial charge on any atom is 0.348 e. The Bertz CT molecular complexity index is 429. The summed E-state index contributed by atoms with van der Waals surface area (Å²) in [4.78, 5) is 11.2. The van der Waals surface area contributed by atoms with Crippen LogP contribution < -0.4 is 0 Å². The first-order valence-electron chi connectivity index (χ1n) is 4.94. The highest BCUT2D eigenvalue weighted by molar-refractivity contribution is 5.92. The highest BCUT2D eigenvalue weighted by Crippen LogP contribution is 2.17. The van der Waals surface area contributed by atoms with Gasteiger partial charge in [0, 0.05) is 5.92 Å². The number of nitrogens with zero attached hydrogens (tertiary/aromatic N) is 1. The molecule has 0 radical (unpaired) electrons. The number of nitriles is 1. The summed E-state index contributed by atoms with van der Waals surface area (Å²) in [5, 5.41) is 8.80. The van der Waals surface area contributed by atoms with Gasteiger partial charge >= 0.3 is 5.97 Å². The second-order valence-electron chi connectivity index (χ2n) is 3.38. The minimum atomic E-state index is -0.592. The number of carbonyl (C=O) groups excluding carboxylic acids is 1. The van der Waals surface area contributed by atoms with Crippen LogP contribution in [0.4, 0.5) is 0 Å². The first kappa shape index (κ1) is 12.0. The molecule has 0 saturated carbocycles. The van der Waals surface area contributed by atoms with E-state index in [9.17, 15) is 4.79 Å². The maximum absolute atomic E-state index is 11.2. The zero-order valence-electron chi connectivity index (χ0n) is 9.31. The number of esters is 1. The molecular formula is C13H13NO2. The molecule has 0 fully saturated rings. The first-order valence-corrected chi connectivity index (χ1v) is 4.94. The molecule has 0 saturated heterocycles. The normalized spacial score (nSPS) is 12.7. The van der Waals surface area contributed by atoms with E-state index >= 15 is 0 Å². The molecular weight excluding hydrogens is 202 g/mol. The molecule has 0 aliphatic heterocycles. The van der Waals surface area contributed by atoms with Gasteiger partial charge in [-0.25, -0.2) is 4.79 Å². The van der Waals surface area contributed by atoms with Crippen molar-refractivity contribution in [1.29, 1.82) is 5.26 Å². The molecule has 3 nitrogen and oxygen atoms in total. The monoisotopic (exact) mass is 215 g/mol. The van der Waals surface area contributed by atoms with E-state index < -0.39 is 5.97 Å². The molecule has 0 aromatic heterocycles. The Balaban J connectivity index is 2.91. The smallest absolute Gasteiger partial charge is 0.348 e. The lowest BCUT2D eigenvalue weighted by Gasteiger charge is -2.06. The largest absolute Gasteiger partial charge is 0.465 e. The number of allylic oxidation sites excluding steroid dienone is 1. The van der Waals surface area contributed by atoms with Crippen molar-refractivity contribution in [2.45, 2.75) is 12.8 Å². The van der Waals surface area contributed by atoms with Crippen molar-refractivity contribution >= 4 is 5.97 Å². The molecule has 0 amide bonds. The van der Waals surface area contributed by atoms with Gasteiger partial charge < -0.3 is 4.74 Å². The molecule has 3 heteroatoms. The fourth-order valence-electron chi connectivity index (χ4n) is 1.36. The van der Waals surface area contributed by atoms with Gasteiger partial charge in [-0.05, 0) is 5.56 Å². The Hall–Kier alpha value is -2.08. The van der Waals surface area contributed by atoms with Gasteiger partial charge in [0.05, 0.1) is 7.11 Å². The average Bonchev–Trinajstić information content (AvgIpc) is 2.35. The van der Waals surface area contributed by atoms with Crippen molar-refractivity contribution in [2.75, 3.05) is 7.11 Å². The van der Waals surface area contributed by atoms with Crippen LogP contribution in [-0.2, 0) is 9.53 Å². The molecule has 0 spiro atoms. The summed E-state index contributed by atoms with van der Waals surface area (Å²) < 4.78 is 4.51. The predicted molar refractivity (Wildman–Crippen MR) is 60.6 cm³/mol. The third-order valence-corrected chi connectivity index (χ3v) is 2.27. The van der Waals surface area contributed by atoms with E-state index in [1.165, 1.54) is 7.11 Å². The van der Waals surface area contributed by atoms with E-state index in [1.807, 2.05) is 43.3 Å². The quantitative estimate of drug-likeness (QED) is 0.442. The van der Waals surface area contributed by atoms with E-state index in [-0.39, 0.29) is 11.5 Å². The fourth-order valence-corrected chi connectivity index (χ4v) is 1.36. The summed E-state index contributed by atoms with van der Waals surface area (Å²) in [6.07, 6.45) is 1.61. The van der Waals surface area contributed by atoms with Crippen LogP contribution in [0.3, 0.4) is 0 Å². The van der Waals surface area contributed by atoms with Crippen LogP contribution in [-0.4, -0.2) is 13.1 Å². The van der Waals surface area contributed by atoms with E-state index in [4.69, 9.17) is 5.26 Å². The second kappa shape index (κ2) is 5.72. The van der Waals surface area contributed by atoms with Gasteiger partial charge in [0.15, 0.2) is 0 Å².